The number of fused-ring (bicyclic) bond motifs is 2. The maximum Gasteiger partial charge on any atom is 0.275 e. The van der Waals surface area contributed by atoms with Gasteiger partial charge in [0.2, 0.25) is 11.9 Å². The molecule has 1 amide bonds. The summed E-state index contributed by atoms with van der Waals surface area (Å²) in [5, 5.41) is 8.44. The van der Waals surface area contributed by atoms with Gasteiger partial charge in [0.1, 0.15) is 6.54 Å². The van der Waals surface area contributed by atoms with E-state index in [0.717, 1.165) is 16.4 Å². The molecule has 0 aliphatic carbocycles. The zero-order valence-electron chi connectivity index (χ0n) is 15.1. The summed E-state index contributed by atoms with van der Waals surface area (Å²) in [6, 6.07) is 15.0. The smallest absolute Gasteiger partial charge is 0.275 e. The molecule has 0 aliphatic heterocycles. The molecule has 0 saturated carbocycles. The Morgan fingerprint density at radius 3 is 2.56 bits per heavy atom. The Labute approximate surface area is 155 Å². The number of benzene rings is 2. The highest BCUT2D eigenvalue weighted by Gasteiger charge is 2.14. The van der Waals surface area contributed by atoms with Gasteiger partial charge in [0.05, 0.1) is 22.1 Å². The lowest BCUT2D eigenvalue weighted by atomic mass is 10.1. The van der Waals surface area contributed by atoms with Crippen molar-refractivity contribution in [3.63, 3.8) is 0 Å². The van der Waals surface area contributed by atoms with Gasteiger partial charge in [0.25, 0.3) is 5.56 Å². The number of carbonyl (C=O) groups excluding carboxylic acids is 1. The molecule has 0 unspecified atom stereocenters. The molecule has 7 heteroatoms. The number of carbonyl (C=O) groups is 1. The van der Waals surface area contributed by atoms with Crippen LogP contribution in [0, 0.1) is 6.92 Å². The summed E-state index contributed by atoms with van der Waals surface area (Å²) in [4.78, 5) is 29.7. The van der Waals surface area contributed by atoms with Crippen LogP contribution in [0.1, 0.15) is 12.6 Å². The first-order chi connectivity index (χ1) is 13.1. The molecule has 0 bridgehead atoms. The van der Waals surface area contributed by atoms with Crippen LogP contribution in [0.4, 0.5) is 5.95 Å². The van der Waals surface area contributed by atoms with Gasteiger partial charge in [0, 0.05) is 11.9 Å². The minimum atomic E-state index is -0.343. The van der Waals surface area contributed by atoms with E-state index in [1.165, 1.54) is 4.68 Å². The third kappa shape index (κ3) is 2.97. The van der Waals surface area contributed by atoms with Gasteiger partial charge < -0.3 is 4.57 Å². The predicted molar refractivity (Wildman–Crippen MR) is 105 cm³/mol. The topological polar surface area (TPSA) is 81.8 Å². The summed E-state index contributed by atoms with van der Waals surface area (Å²) >= 11 is 0. The maximum atomic E-state index is 12.6. The highest BCUT2D eigenvalue weighted by Crippen LogP contribution is 2.19. The molecule has 0 atom stereocenters. The van der Waals surface area contributed by atoms with E-state index >= 15 is 0 Å². The molecule has 0 aliphatic rings. The molecule has 7 nitrogen and oxygen atoms in total. The maximum absolute atomic E-state index is 12.6. The average molecular weight is 361 g/mol. The first-order valence-corrected chi connectivity index (χ1v) is 8.80. The lowest BCUT2D eigenvalue weighted by Crippen LogP contribution is -2.31. The number of aromatic nitrogens is 4. The lowest BCUT2D eigenvalue weighted by molar-refractivity contribution is -0.117. The lowest BCUT2D eigenvalue weighted by Gasteiger charge is -2.10. The van der Waals surface area contributed by atoms with Crippen LogP contribution in [0.25, 0.3) is 21.8 Å². The van der Waals surface area contributed by atoms with E-state index < -0.39 is 0 Å². The minimum absolute atomic E-state index is 0.169. The van der Waals surface area contributed by atoms with E-state index in [2.05, 4.69) is 15.4 Å². The number of hydrogen-bond acceptors (Lipinski definition) is 4. The summed E-state index contributed by atoms with van der Waals surface area (Å²) in [5.74, 6) is 0.124. The van der Waals surface area contributed by atoms with Crippen molar-refractivity contribution < 1.29 is 4.79 Å². The molecule has 0 radical (unpaired) electrons. The number of nitrogens with one attached hydrogen (secondary N) is 1. The van der Waals surface area contributed by atoms with Gasteiger partial charge in [-0.05, 0) is 32.0 Å². The molecule has 136 valence electrons. The molecule has 0 saturated heterocycles. The Bertz CT molecular complexity index is 1220. The molecule has 2 aromatic carbocycles. The summed E-state index contributed by atoms with van der Waals surface area (Å²) in [6.45, 7) is 4.32. The van der Waals surface area contributed by atoms with Crippen LogP contribution >= 0.6 is 0 Å². The summed E-state index contributed by atoms with van der Waals surface area (Å²) < 4.78 is 3.13. The van der Waals surface area contributed by atoms with E-state index in [-0.39, 0.29) is 18.0 Å². The average Bonchev–Trinajstić information content (AvgIpc) is 3.02. The molecular formula is C20H19N5O2. The second kappa shape index (κ2) is 6.68. The number of hydrogen-bond donors (Lipinski definition) is 1. The number of rotatable bonds is 4. The van der Waals surface area contributed by atoms with Crippen molar-refractivity contribution in [3.05, 3.63) is 64.6 Å². The number of aryl methyl sites for hydroxylation is 2. The number of nitrogens with zero attached hydrogens (tertiary/aromatic N) is 4. The molecule has 4 aromatic rings. The fourth-order valence-corrected chi connectivity index (χ4v) is 3.30. The van der Waals surface area contributed by atoms with Crippen LogP contribution in [0.3, 0.4) is 0 Å². The van der Waals surface area contributed by atoms with E-state index in [9.17, 15) is 9.59 Å². The van der Waals surface area contributed by atoms with Gasteiger partial charge in [-0.1, -0.05) is 30.3 Å². The predicted octanol–water partition coefficient (Wildman–Crippen LogP) is 2.71. The highest BCUT2D eigenvalue weighted by atomic mass is 16.2. The SMILES string of the molecule is CCn1c(NC(=O)Cn2nc(C)c3ccccc3c2=O)nc2ccccc21. The van der Waals surface area contributed by atoms with Crippen molar-refractivity contribution in [1.29, 1.82) is 0 Å². The second-order valence-electron chi connectivity index (χ2n) is 6.31. The molecule has 2 heterocycles. The normalized spacial score (nSPS) is 11.2. The van der Waals surface area contributed by atoms with Crippen molar-refractivity contribution in [2.75, 3.05) is 5.32 Å². The third-order valence-electron chi connectivity index (χ3n) is 4.57. The summed E-state index contributed by atoms with van der Waals surface area (Å²) in [6.07, 6.45) is 0. The summed E-state index contributed by atoms with van der Waals surface area (Å²) in [5.41, 5.74) is 2.19. The highest BCUT2D eigenvalue weighted by molar-refractivity contribution is 5.91. The van der Waals surface area contributed by atoms with Crippen LogP contribution < -0.4 is 10.9 Å². The molecule has 1 N–H and O–H groups in total. The van der Waals surface area contributed by atoms with Crippen molar-refractivity contribution in [1.82, 2.24) is 19.3 Å². The van der Waals surface area contributed by atoms with Gasteiger partial charge in [-0.3, -0.25) is 14.9 Å². The van der Waals surface area contributed by atoms with Crippen molar-refractivity contribution >= 4 is 33.7 Å². The van der Waals surface area contributed by atoms with E-state index in [1.807, 2.05) is 54.8 Å². The molecule has 0 spiro atoms. The van der Waals surface area contributed by atoms with Gasteiger partial charge in [-0.25, -0.2) is 9.67 Å². The standard InChI is InChI=1S/C20H19N5O2/c1-3-24-17-11-7-6-10-16(17)21-20(24)22-18(26)12-25-19(27)15-9-5-4-8-14(15)13(2)23-25/h4-11H,3,12H2,1-2H3,(H,21,22,26). The largest absolute Gasteiger partial charge is 0.310 e. The minimum Gasteiger partial charge on any atom is -0.310 e. The number of anilines is 1. The monoisotopic (exact) mass is 361 g/mol. The fourth-order valence-electron chi connectivity index (χ4n) is 3.30. The first kappa shape index (κ1) is 17.0. The Morgan fingerprint density at radius 2 is 1.78 bits per heavy atom. The van der Waals surface area contributed by atoms with Gasteiger partial charge in [-0.2, -0.15) is 5.10 Å². The Balaban J connectivity index is 1.65. The second-order valence-corrected chi connectivity index (χ2v) is 6.31. The van der Waals surface area contributed by atoms with Crippen LogP contribution in [0.2, 0.25) is 0 Å². The fraction of sp³-hybridized carbons (Fsp3) is 0.200. The molecule has 4 rings (SSSR count). The number of imidazole rings is 1. The van der Waals surface area contributed by atoms with Gasteiger partial charge in [0.15, 0.2) is 0 Å². The molecule has 27 heavy (non-hydrogen) atoms. The zero-order valence-corrected chi connectivity index (χ0v) is 15.1. The molecule has 2 aromatic heterocycles. The Hall–Kier alpha value is -3.48. The first-order valence-electron chi connectivity index (χ1n) is 8.80. The zero-order chi connectivity index (χ0) is 19.0. The van der Waals surface area contributed by atoms with Crippen molar-refractivity contribution in [3.8, 4) is 0 Å². The van der Waals surface area contributed by atoms with Crippen LogP contribution in [-0.4, -0.2) is 25.2 Å². The van der Waals surface area contributed by atoms with E-state index in [0.29, 0.717) is 23.6 Å². The van der Waals surface area contributed by atoms with E-state index in [1.54, 1.807) is 12.1 Å². The number of para-hydroxylation sites is 2. The van der Waals surface area contributed by atoms with Crippen LogP contribution in [-0.2, 0) is 17.9 Å². The van der Waals surface area contributed by atoms with Crippen molar-refractivity contribution in [2.24, 2.45) is 0 Å². The summed E-state index contributed by atoms with van der Waals surface area (Å²) in [7, 11) is 0. The quantitative estimate of drug-likeness (QED) is 0.606. The van der Waals surface area contributed by atoms with Crippen LogP contribution in [0.5, 0.6) is 0 Å². The van der Waals surface area contributed by atoms with E-state index in [4.69, 9.17) is 0 Å². The molecule has 0 fully saturated rings. The number of amides is 1. The van der Waals surface area contributed by atoms with Crippen molar-refractivity contribution in [2.45, 2.75) is 26.9 Å². The molecular weight excluding hydrogens is 342 g/mol. The van der Waals surface area contributed by atoms with Gasteiger partial charge >= 0.3 is 0 Å². The Kier molecular flexibility index (Phi) is 4.19. The van der Waals surface area contributed by atoms with Gasteiger partial charge in [-0.15, -0.1) is 0 Å². The Morgan fingerprint density at radius 1 is 1.07 bits per heavy atom. The third-order valence-corrected chi connectivity index (χ3v) is 4.57. The van der Waals surface area contributed by atoms with Crippen LogP contribution in [0.15, 0.2) is 53.3 Å².